The Morgan fingerprint density at radius 1 is 1.33 bits per heavy atom. The zero-order chi connectivity index (χ0) is 11.8. The van der Waals surface area contributed by atoms with E-state index in [1.807, 2.05) is 6.92 Å². The van der Waals surface area contributed by atoms with Crippen molar-refractivity contribution in [3.8, 4) is 0 Å². The summed E-state index contributed by atoms with van der Waals surface area (Å²) in [6.07, 6.45) is 0.944. The van der Waals surface area contributed by atoms with E-state index in [1.165, 1.54) is 0 Å². The maximum Gasteiger partial charge on any atom is 0.326 e. The van der Waals surface area contributed by atoms with Crippen molar-refractivity contribution in [3.05, 3.63) is 0 Å². The Kier molecular flexibility index (Phi) is 6.70. The van der Waals surface area contributed by atoms with Gasteiger partial charge in [0.2, 0.25) is 5.91 Å². The second-order valence-corrected chi connectivity index (χ2v) is 3.80. The van der Waals surface area contributed by atoms with Crippen LogP contribution in [0.2, 0.25) is 0 Å². The van der Waals surface area contributed by atoms with Gasteiger partial charge in [-0.3, -0.25) is 4.79 Å². The average Bonchev–Trinajstić information content (AvgIpc) is 2.13. The van der Waals surface area contributed by atoms with Crippen LogP contribution in [0.25, 0.3) is 0 Å². The molecule has 0 fully saturated rings. The molecule has 3 N–H and O–H groups in total. The highest BCUT2D eigenvalue weighted by atomic mass is 16.4. The van der Waals surface area contributed by atoms with Crippen molar-refractivity contribution in [3.63, 3.8) is 0 Å². The summed E-state index contributed by atoms with van der Waals surface area (Å²) >= 11 is 0. The SMILES string of the molecule is CCCNCC(=O)N[C@H](C(=O)O)C(C)C. The number of aliphatic carboxylic acids is 1. The molecule has 0 saturated carbocycles. The summed E-state index contributed by atoms with van der Waals surface area (Å²) in [6.45, 7) is 6.45. The first-order valence-electron chi connectivity index (χ1n) is 5.22. The zero-order valence-corrected chi connectivity index (χ0v) is 9.54. The van der Waals surface area contributed by atoms with Crippen molar-refractivity contribution in [1.82, 2.24) is 10.6 Å². The van der Waals surface area contributed by atoms with Crippen LogP contribution in [0, 0.1) is 5.92 Å². The topological polar surface area (TPSA) is 78.4 Å². The molecule has 1 amide bonds. The van der Waals surface area contributed by atoms with Crippen molar-refractivity contribution in [1.29, 1.82) is 0 Å². The Hall–Kier alpha value is -1.10. The van der Waals surface area contributed by atoms with Crippen molar-refractivity contribution < 1.29 is 14.7 Å². The molecule has 0 aromatic carbocycles. The molecule has 0 aliphatic rings. The lowest BCUT2D eigenvalue weighted by atomic mass is 10.1. The second-order valence-electron chi connectivity index (χ2n) is 3.80. The van der Waals surface area contributed by atoms with Crippen LogP contribution in [-0.2, 0) is 9.59 Å². The van der Waals surface area contributed by atoms with Gasteiger partial charge in [0.25, 0.3) is 0 Å². The summed E-state index contributed by atoms with van der Waals surface area (Å²) in [4.78, 5) is 22.1. The largest absolute Gasteiger partial charge is 0.480 e. The summed E-state index contributed by atoms with van der Waals surface area (Å²) < 4.78 is 0. The monoisotopic (exact) mass is 216 g/mol. The number of carboxylic acid groups (broad SMARTS) is 1. The van der Waals surface area contributed by atoms with Gasteiger partial charge in [0.15, 0.2) is 0 Å². The molecule has 5 nitrogen and oxygen atoms in total. The van der Waals surface area contributed by atoms with E-state index >= 15 is 0 Å². The Bertz CT molecular complexity index is 217. The molecule has 5 heteroatoms. The number of amides is 1. The van der Waals surface area contributed by atoms with Crippen LogP contribution in [0.5, 0.6) is 0 Å². The highest BCUT2D eigenvalue weighted by Crippen LogP contribution is 2.00. The van der Waals surface area contributed by atoms with Gasteiger partial charge < -0.3 is 15.7 Å². The number of hydrogen-bond acceptors (Lipinski definition) is 3. The Labute approximate surface area is 90.2 Å². The minimum absolute atomic E-state index is 0.113. The normalized spacial score (nSPS) is 12.5. The summed E-state index contributed by atoms with van der Waals surface area (Å²) in [7, 11) is 0. The molecule has 0 heterocycles. The van der Waals surface area contributed by atoms with Crippen LogP contribution in [0.3, 0.4) is 0 Å². The Morgan fingerprint density at radius 3 is 2.33 bits per heavy atom. The first-order chi connectivity index (χ1) is 6.99. The molecule has 1 atom stereocenters. The Balaban J connectivity index is 3.95. The van der Waals surface area contributed by atoms with Crippen LogP contribution >= 0.6 is 0 Å². The summed E-state index contributed by atoms with van der Waals surface area (Å²) in [5.74, 6) is -1.38. The van der Waals surface area contributed by atoms with E-state index in [0.717, 1.165) is 13.0 Å². The Morgan fingerprint density at radius 2 is 1.93 bits per heavy atom. The lowest BCUT2D eigenvalue weighted by molar-refractivity contribution is -0.142. The van der Waals surface area contributed by atoms with Crippen LogP contribution in [0.15, 0.2) is 0 Å². The number of carboxylic acids is 1. The molecule has 15 heavy (non-hydrogen) atoms. The smallest absolute Gasteiger partial charge is 0.326 e. The average molecular weight is 216 g/mol. The third kappa shape index (κ3) is 6.06. The fourth-order valence-electron chi connectivity index (χ4n) is 1.12. The predicted octanol–water partition coefficient (Wildman–Crippen LogP) is 0.211. The zero-order valence-electron chi connectivity index (χ0n) is 9.54. The minimum atomic E-state index is -0.992. The summed E-state index contributed by atoms with van der Waals surface area (Å²) in [5, 5.41) is 14.2. The second kappa shape index (κ2) is 7.23. The number of hydrogen-bond donors (Lipinski definition) is 3. The van der Waals surface area contributed by atoms with Gasteiger partial charge in [0.05, 0.1) is 6.54 Å². The van der Waals surface area contributed by atoms with Crippen LogP contribution in [-0.4, -0.2) is 36.1 Å². The van der Waals surface area contributed by atoms with E-state index in [9.17, 15) is 9.59 Å². The van der Waals surface area contributed by atoms with E-state index in [2.05, 4.69) is 10.6 Å². The number of rotatable bonds is 7. The third-order valence-corrected chi connectivity index (χ3v) is 1.96. The van der Waals surface area contributed by atoms with Crippen molar-refractivity contribution in [2.45, 2.75) is 33.2 Å². The van der Waals surface area contributed by atoms with Gasteiger partial charge in [-0.15, -0.1) is 0 Å². The molecule has 0 saturated heterocycles. The van der Waals surface area contributed by atoms with E-state index < -0.39 is 12.0 Å². The molecule has 0 bridgehead atoms. The molecule has 0 aromatic rings. The summed E-state index contributed by atoms with van der Waals surface area (Å²) in [5.41, 5.74) is 0. The van der Waals surface area contributed by atoms with Gasteiger partial charge in [-0.25, -0.2) is 4.79 Å². The molecule has 0 rings (SSSR count). The highest BCUT2D eigenvalue weighted by molar-refractivity contribution is 5.84. The molecule has 0 radical (unpaired) electrons. The maximum atomic E-state index is 11.3. The molecular weight excluding hydrogens is 196 g/mol. The lowest BCUT2D eigenvalue weighted by Gasteiger charge is -2.17. The van der Waals surface area contributed by atoms with E-state index in [-0.39, 0.29) is 18.4 Å². The minimum Gasteiger partial charge on any atom is -0.480 e. The fourth-order valence-corrected chi connectivity index (χ4v) is 1.12. The maximum absolute atomic E-state index is 11.3. The standard InChI is InChI=1S/C10H20N2O3/c1-4-5-11-6-8(13)12-9(7(2)3)10(14)15/h7,9,11H,4-6H2,1-3H3,(H,12,13)(H,14,15)/t9-/m0/s1. The van der Waals surface area contributed by atoms with Crippen molar-refractivity contribution in [2.24, 2.45) is 5.92 Å². The van der Waals surface area contributed by atoms with Gasteiger partial charge >= 0.3 is 5.97 Å². The molecule has 88 valence electrons. The summed E-state index contributed by atoms with van der Waals surface area (Å²) in [6, 6.07) is -0.805. The van der Waals surface area contributed by atoms with Gasteiger partial charge in [-0.2, -0.15) is 0 Å². The van der Waals surface area contributed by atoms with Gasteiger partial charge in [0, 0.05) is 0 Å². The molecule has 0 aliphatic heterocycles. The van der Waals surface area contributed by atoms with Crippen molar-refractivity contribution >= 4 is 11.9 Å². The number of carbonyl (C=O) groups excluding carboxylic acids is 1. The van der Waals surface area contributed by atoms with E-state index in [0.29, 0.717) is 0 Å². The van der Waals surface area contributed by atoms with Gasteiger partial charge in [-0.05, 0) is 18.9 Å². The lowest BCUT2D eigenvalue weighted by Crippen LogP contribution is -2.47. The predicted molar refractivity (Wildman–Crippen MR) is 57.6 cm³/mol. The number of nitrogens with one attached hydrogen (secondary N) is 2. The molecule has 0 aliphatic carbocycles. The highest BCUT2D eigenvalue weighted by Gasteiger charge is 2.22. The molecule has 0 aromatic heterocycles. The van der Waals surface area contributed by atoms with Gasteiger partial charge in [0.1, 0.15) is 6.04 Å². The van der Waals surface area contributed by atoms with Crippen LogP contribution in [0.1, 0.15) is 27.2 Å². The van der Waals surface area contributed by atoms with Crippen LogP contribution < -0.4 is 10.6 Å². The van der Waals surface area contributed by atoms with Gasteiger partial charge in [-0.1, -0.05) is 20.8 Å². The molecule has 0 unspecified atom stereocenters. The first-order valence-corrected chi connectivity index (χ1v) is 5.22. The number of carbonyl (C=O) groups is 2. The first kappa shape index (κ1) is 13.9. The molecular formula is C10H20N2O3. The third-order valence-electron chi connectivity index (χ3n) is 1.96. The van der Waals surface area contributed by atoms with E-state index in [4.69, 9.17) is 5.11 Å². The molecule has 0 spiro atoms. The fraction of sp³-hybridized carbons (Fsp3) is 0.800. The van der Waals surface area contributed by atoms with Crippen molar-refractivity contribution in [2.75, 3.05) is 13.1 Å². The van der Waals surface area contributed by atoms with E-state index in [1.54, 1.807) is 13.8 Å². The van der Waals surface area contributed by atoms with Crippen LogP contribution in [0.4, 0.5) is 0 Å². The quantitative estimate of drug-likeness (QED) is 0.532.